The van der Waals surface area contributed by atoms with Gasteiger partial charge in [-0.15, -0.1) is 0 Å². The first-order valence-electron chi connectivity index (χ1n) is 3.09. The van der Waals surface area contributed by atoms with Gasteiger partial charge in [-0.1, -0.05) is 0 Å². The van der Waals surface area contributed by atoms with Crippen LogP contribution >= 0.6 is 0 Å². The maximum Gasteiger partial charge on any atom is 0.281 e. The number of aromatic hydroxyl groups is 1. The van der Waals surface area contributed by atoms with E-state index in [0.717, 1.165) is 0 Å². The molecule has 3 nitrogen and oxygen atoms in total. The topological polar surface area (TPSA) is 46.5 Å². The minimum absolute atomic E-state index is 0.0324. The smallest absolute Gasteiger partial charge is 0.281 e. The van der Waals surface area contributed by atoms with Crippen molar-refractivity contribution in [3.05, 3.63) is 43.1 Å². The van der Waals surface area contributed by atoms with E-state index in [1.54, 1.807) is 18.6 Å². The number of hydrogen-bond donors (Lipinski definition) is 1. The van der Waals surface area contributed by atoms with Crippen LogP contribution in [0.25, 0.3) is 0 Å². The molecule has 2 heterocycles. The van der Waals surface area contributed by atoms with E-state index in [9.17, 15) is 0 Å². The minimum Gasteiger partial charge on any atom is -0.481 e. The molecule has 58 valence electrons. The highest BCUT2D eigenvalue weighted by Gasteiger charge is 1.79. The third-order valence-corrected chi connectivity index (χ3v) is 0.932. The molecule has 0 amide bonds. The first-order chi connectivity index (χ1) is 5.39. The van der Waals surface area contributed by atoms with Gasteiger partial charge in [0.05, 0.1) is 18.8 Å². The second-order valence-electron chi connectivity index (χ2n) is 1.74. The largest absolute Gasteiger partial charge is 0.481 e. The fourth-order valence-electron chi connectivity index (χ4n) is 0.497. The first-order valence-corrected chi connectivity index (χ1v) is 3.09. The van der Waals surface area contributed by atoms with Gasteiger partial charge in [0.25, 0.3) is 5.95 Å². The summed E-state index contributed by atoms with van der Waals surface area (Å²) in [6, 6.07) is 6.76. The maximum atomic E-state index is 8.31. The molecular weight excluding hydrogens is 144 g/mol. The monoisotopic (exact) mass is 152 g/mol. The van der Waals surface area contributed by atoms with Gasteiger partial charge in [0.2, 0.25) is 0 Å². The van der Waals surface area contributed by atoms with Crippen molar-refractivity contribution < 1.29 is 13.9 Å². The van der Waals surface area contributed by atoms with Crippen LogP contribution in [-0.4, -0.2) is 5.11 Å². The van der Waals surface area contributed by atoms with E-state index in [1.807, 2.05) is 12.1 Å². The summed E-state index contributed by atoms with van der Waals surface area (Å²) < 4.78 is 8.97. The van der Waals surface area contributed by atoms with Crippen LogP contribution in [0, 0.1) is 0 Å². The molecule has 2 aromatic heterocycles. The van der Waals surface area contributed by atoms with E-state index in [1.165, 1.54) is 12.3 Å². The third kappa shape index (κ3) is 3.15. The van der Waals surface area contributed by atoms with E-state index in [2.05, 4.69) is 8.83 Å². The third-order valence-electron chi connectivity index (χ3n) is 0.932. The van der Waals surface area contributed by atoms with Crippen molar-refractivity contribution in [2.45, 2.75) is 0 Å². The molecule has 0 aliphatic carbocycles. The summed E-state index contributed by atoms with van der Waals surface area (Å²) in [7, 11) is 0. The number of hydrogen-bond acceptors (Lipinski definition) is 3. The second kappa shape index (κ2) is 4.22. The highest BCUT2D eigenvalue weighted by atomic mass is 16.5. The maximum absolute atomic E-state index is 8.31. The van der Waals surface area contributed by atoms with Crippen LogP contribution in [0.5, 0.6) is 5.95 Å². The fourth-order valence-corrected chi connectivity index (χ4v) is 0.497. The Labute approximate surface area is 63.9 Å². The first kappa shape index (κ1) is 7.47. The van der Waals surface area contributed by atoms with Crippen LogP contribution in [-0.2, 0) is 0 Å². The predicted molar refractivity (Wildman–Crippen MR) is 39.1 cm³/mol. The van der Waals surface area contributed by atoms with Crippen molar-refractivity contribution in [1.82, 2.24) is 0 Å². The Kier molecular flexibility index (Phi) is 2.86. The Hall–Kier alpha value is -1.64. The van der Waals surface area contributed by atoms with Gasteiger partial charge in [-0.05, 0) is 18.2 Å². The van der Waals surface area contributed by atoms with Crippen LogP contribution in [0.4, 0.5) is 0 Å². The molecule has 0 aliphatic rings. The molecule has 11 heavy (non-hydrogen) atoms. The number of furan rings is 2. The zero-order valence-electron chi connectivity index (χ0n) is 5.81. The summed E-state index contributed by atoms with van der Waals surface area (Å²) in [4.78, 5) is 0. The van der Waals surface area contributed by atoms with Crippen molar-refractivity contribution in [3.63, 3.8) is 0 Å². The normalized spacial score (nSPS) is 8.36. The van der Waals surface area contributed by atoms with Crippen LogP contribution in [0.2, 0.25) is 0 Å². The summed E-state index contributed by atoms with van der Waals surface area (Å²) >= 11 is 0. The van der Waals surface area contributed by atoms with E-state index < -0.39 is 0 Å². The highest BCUT2D eigenvalue weighted by molar-refractivity contribution is 5.00. The zero-order valence-corrected chi connectivity index (χ0v) is 5.81. The molecule has 3 heteroatoms. The Morgan fingerprint density at radius 2 is 1.73 bits per heavy atom. The van der Waals surface area contributed by atoms with E-state index in [0.29, 0.717) is 0 Å². The molecule has 2 aromatic rings. The van der Waals surface area contributed by atoms with Gasteiger partial charge in [0.15, 0.2) is 0 Å². The van der Waals surface area contributed by atoms with E-state index in [4.69, 9.17) is 5.11 Å². The average molecular weight is 152 g/mol. The molecule has 0 saturated carbocycles. The Balaban J connectivity index is 0.000000112. The Morgan fingerprint density at radius 3 is 1.91 bits per heavy atom. The predicted octanol–water partition coefficient (Wildman–Crippen LogP) is 2.26. The lowest BCUT2D eigenvalue weighted by Gasteiger charge is -1.69. The molecule has 0 atom stereocenters. The van der Waals surface area contributed by atoms with E-state index in [-0.39, 0.29) is 5.95 Å². The summed E-state index contributed by atoms with van der Waals surface area (Å²) in [6.07, 6.45) is 4.66. The molecule has 0 bridgehead atoms. The SMILES string of the molecule is Oc1ccco1.c1ccoc1. The molecule has 0 unspecified atom stereocenters. The molecule has 2 rings (SSSR count). The van der Waals surface area contributed by atoms with E-state index >= 15 is 0 Å². The highest BCUT2D eigenvalue weighted by Crippen LogP contribution is 2.04. The number of rotatable bonds is 0. The second-order valence-corrected chi connectivity index (χ2v) is 1.74. The van der Waals surface area contributed by atoms with Gasteiger partial charge in [0.1, 0.15) is 0 Å². The molecule has 0 spiro atoms. The van der Waals surface area contributed by atoms with Gasteiger partial charge in [-0.25, -0.2) is 0 Å². The lowest BCUT2D eigenvalue weighted by Crippen LogP contribution is -1.40. The molecule has 0 fully saturated rings. The quantitative estimate of drug-likeness (QED) is 0.629. The molecule has 0 aromatic carbocycles. The summed E-state index contributed by atoms with van der Waals surface area (Å²) in [5, 5.41) is 8.31. The lowest BCUT2D eigenvalue weighted by molar-refractivity contribution is 0.332. The molecule has 0 saturated heterocycles. The van der Waals surface area contributed by atoms with Crippen molar-refractivity contribution in [1.29, 1.82) is 0 Å². The minimum atomic E-state index is -0.0324. The van der Waals surface area contributed by atoms with Gasteiger partial charge in [-0.2, -0.15) is 0 Å². The Bertz CT molecular complexity index is 227. The van der Waals surface area contributed by atoms with Gasteiger partial charge in [0, 0.05) is 6.07 Å². The van der Waals surface area contributed by atoms with Crippen molar-refractivity contribution in [2.75, 3.05) is 0 Å². The van der Waals surface area contributed by atoms with Crippen LogP contribution in [0.15, 0.2) is 51.9 Å². The average Bonchev–Trinajstić information content (AvgIpc) is 2.57. The summed E-state index contributed by atoms with van der Waals surface area (Å²) in [6.45, 7) is 0. The van der Waals surface area contributed by atoms with Crippen LogP contribution < -0.4 is 0 Å². The molecule has 0 radical (unpaired) electrons. The summed E-state index contributed by atoms with van der Waals surface area (Å²) in [5.41, 5.74) is 0. The van der Waals surface area contributed by atoms with Crippen molar-refractivity contribution >= 4 is 0 Å². The standard InChI is InChI=1S/C4H4O2.C4H4O/c5-4-2-1-3-6-4;1-2-4-5-3-1/h1-3,5H;1-4H. The summed E-state index contributed by atoms with van der Waals surface area (Å²) in [5.74, 6) is -0.0324. The van der Waals surface area contributed by atoms with Gasteiger partial charge in [-0.3, -0.25) is 0 Å². The van der Waals surface area contributed by atoms with Crippen LogP contribution in [0.3, 0.4) is 0 Å². The van der Waals surface area contributed by atoms with Crippen LogP contribution in [0.1, 0.15) is 0 Å². The van der Waals surface area contributed by atoms with Crippen molar-refractivity contribution in [2.24, 2.45) is 0 Å². The van der Waals surface area contributed by atoms with Crippen molar-refractivity contribution in [3.8, 4) is 5.95 Å². The molecular formula is C8H8O3. The molecule has 1 N–H and O–H groups in total. The fraction of sp³-hybridized carbons (Fsp3) is 0. The molecule has 0 aliphatic heterocycles. The zero-order chi connectivity index (χ0) is 7.94. The Morgan fingerprint density at radius 1 is 1.00 bits per heavy atom. The van der Waals surface area contributed by atoms with Gasteiger partial charge < -0.3 is 13.9 Å². The lowest BCUT2D eigenvalue weighted by atomic mass is 10.7. The van der Waals surface area contributed by atoms with Gasteiger partial charge >= 0.3 is 0 Å².